The molecule has 3 amide bonds. The minimum Gasteiger partial charge on any atom is -0.495 e. The molecule has 0 saturated heterocycles. The van der Waals surface area contributed by atoms with E-state index in [1.807, 2.05) is 56.1 Å². The third-order valence-electron chi connectivity index (χ3n) is 5.64. The van der Waals surface area contributed by atoms with Crippen LogP contribution in [0.1, 0.15) is 43.9 Å². The van der Waals surface area contributed by atoms with Crippen LogP contribution in [-0.4, -0.2) is 54.7 Å². The number of aryl methyl sites for hydroxylation is 1. The summed E-state index contributed by atoms with van der Waals surface area (Å²) in [7, 11) is 3.37. The van der Waals surface area contributed by atoms with Crippen LogP contribution in [0.3, 0.4) is 0 Å². The smallest absolute Gasteiger partial charge is 0.323 e. The van der Waals surface area contributed by atoms with Crippen LogP contribution in [0.4, 0.5) is 16.2 Å². The molecule has 2 aromatic carbocycles. The van der Waals surface area contributed by atoms with Crippen molar-refractivity contribution < 1.29 is 24.2 Å². The monoisotopic (exact) mass is 470 g/mol. The lowest BCUT2D eigenvalue weighted by Crippen LogP contribution is -2.35. The van der Waals surface area contributed by atoms with Crippen LogP contribution in [-0.2, 0) is 9.59 Å². The summed E-state index contributed by atoms with van der Waals surface area (Å²) in [6.07, 6.45) is 0.615. The van der Waals surface area contributed by atoms with E-state index < -0.39 is 12.0 Å². The number of amides is 3. The van der Waals surface area contributed by atoms with E-state index >= 15 is 0 Å². The minimum atomic E-state index is -0.850. The van der Waals surface area contributed by atoms with Crippen molar-refractivity contribution in [2.75, 3.05) is 31.3 Å². The molecule has 34 heavy (non-hydrogen) atoms. The van der Waals surface area contributed by atoms with Gasteiger partial charge in [-0.05, 0) is 56.6 Å². The molecule has 2 unspecified atom stereocenters. The molecule has 0 heterocycles. The van der Waals surface area contributed by atoms with Gasteiger partial charge in [0.05, 0.1) is 25.3 Å². The van der Waals surface area contributed by atoms with Crippen molar-refractivity contribution in [1.29, 1.82) is 0 Å². The van der Waals surface area contributed by atoms with Crippen LogP contribution in [0, 0.1) is 6.92 Å². The summed E-state index contributed by atoms with van der Waals surface area (Å²) in [5.41, 5.74) is 2.96. The topological polar surface area (TPSA) is 120 Å². The number of methoxy groups -OCH3 is 1. The SMILES string of the molecule is COc1cc(C(CCN(C)C(C)CC(=O)O)NC(C)=O)ccc1NC(=O)Nc1ccccc1C. The maximum atomic E-state index is 12.5. The molecule has 9 heteroatoms. The molecule has 0 aliphatic carbocycles. The number of benzene rings is 2. The van der Waals surface area contributed by atoms with E-state index in [0.717, 1.165) is 11.1 Å². The average Bonchev–Trinajstić information content (AvgIpc) is 2.77. The lowest BCUT2D eigenvalue weighted by atomic mass is 10.0. The summed E-state index contributed by atoms with van der Waals surface area (Å²) in [4.78, 5) is 37.3. The van der Waals surface area contributed by atoms with E-state index in [9.17, 15) is 14.4 Å². The van der Waals surface area contributed by atoms with Crippen molar-refractivity contribution in [3.8, 4) is 5.75 Å². The number of rotatable bonds is 11. The number of hydrogen-bond donors (Lipinski definition) is 4. The Morgan fingerprint density at radius 2 is 1.76 bits per heavy atom. The molecule has 0 radical (unpaired) electrons. The summed E-state index contributed by atoms with van der Waals surface area (Å²) in [5, 5.41) is 17.6. The molecule has 0 saturated carbocycles. The summed E-state index contributed by atoms with van der Waals surface area (Å²) in [6, 6.07) is 12.0. The lowest BCUT2D eigenvalue weighted by molar-refractivity contribution is -0.138. The Morgan fingerprint density at radius 1 is 1.09 bits per heavy atom. The fraction of sp³-hybridized carbons (Fsp3) is 0.400. The van der Waals surface area contributed by atoms with Crippen molar-refractivity contribution in [3.05, 3.63) is 53.6 Å². The van der Waals surface area contributed by atoms with Gasteiger partial charge in [0.1, 0.15) is 5.75 Å². The molecule has 9 nitrogen and oxygen atoms in total. The highest BCUT2D eigenvalue weighted by molar-refractivity contribution is 6.01. The Hall–Kier alpha value is -3.59. The molecular weight excluding hydrogens is 436 g/mol. The first kappa shape index (κ1) is 26.7. The predicted octanol–water partition coefficient (Wildman–Crippen LogP) is 4.01. The quantitative estimate of drug-likeness (QED) is 0.394. The second-order valence-corrected chi connectivity index (χ2v) is 8.32. The molecule has 0 fully saturated rings. The summed E-state index contributed by atoms with van der Waals surface area (Å²) in [5.74, 6) is -0.567. The van der Waals surface area contributed by atoms with Crippen LogP contribution in [0.15, 0.2) is 42.5 Å². The van der Waals surface area contributed by atoms with Crippen molar-refractivity contribution in [2.45, 2.75) is 45.7 Å². The standard InChI is InChI=1S/C25H34N4O5/c1-16-8-6-7-9-20(16)27-25(33)28-22-11-10-19(15-23(22)34-5)21(26-18(3)30)12-13-29(4)17(2)14-24(31)32/h6-11,15,17,21H,12-14H2,1-5H3,(H,26,30)(H,31,32)(H2,27,28,33). The molecule has 0 aromatic heterocycles. The third kappa shape index (κ3) is 8.08. The maximum absolute atomic E-state index is 12.5. The summed E-state index contributed by atoms with van der Waals surface area (Å²) >= 11 is 0. The van der Waals surface area contributed by atoms with Gasteiger partial charge in [-0.1, -0.05) is 24.3 Å². The van der Waals surface area contributed by atoms with Crippen molar-refractivity contribution in [1.82, 2.24) is 10.2 Å². The van der Waals surface area contributed by atoms with Gasteiger partial charge in [-0.3, -0.25) is 9.59 Å². The summed E-state index contributed by atoms with van der Waals surface area (Å²) in [6.45, 7) is 5.80. The second-order valence-electron chi connectivity index (χ2n) is 8.32. The molecule has 0 aliphatic rings. The largest absolute Gasteiger partial charge is 0.495 e. The van der Waals surface area contributed by atoms with Crippen LogP contribution in [0.5, 0.6) is 5.75 Å². The number of carbonyl (C=O) groups excluding carboxylic acids is 2. The molecule has 0 spiro atoms. The maximum Gasteiger partial charge on any atom is 0.323 e. The average molecular weight is 471 g/mol. The first-order chi connectivity index (χ1) is 16.1. The van der Waals surface area contributed by atoms with Gasteiger partial charge in [0.15, 0.2) is 0 Å². The van der Waals surface area contributed by atoms with E-state index in [0.29, 0.717) is 30.1 Å². The van der Waals surface area contributed by atoms with E-state index in [2.05, 4.69) is 16.0 Å². The number of carbonyl (C=O) groups is 3. The molecule has 2 atom stereocenters. The van der Waals surface area contributed by atoms with Crippen LogP contribution < -0.4 is 20.7 Å². The van der Waals surface area contributed by atoms with Gasteiger partial charge in [-0.25, -0.2) is 4.79 Å². The molecule has 0 bridgehead atoms. The van der Waals surface area contributed by atoms with Crippen molar-refractivity contribution >= 4 is 29.3 Å². The highest BCUT2D eigenvalue weighted by atomic mass is 16.5. The molecule has 4 N–H and O–H groups in total. The molecule has 0 aliphatic heterocycles. The minimum absolute atomic E-state index is 0.0417. The number of aliphatic carboxylic acids is 1. The molecule has 2 rings (SSSR count). The van der Waals surface area contributed by atoms with Crippen molar-refractivity contribution in [3.63, 3.8) is 0 Å². The normalized spacial score (nSPS) is 12.5. The third-order valence-corrected chi connectivity index (χ3v) is 5.64. The van der Waals surface area contributed by atoms with Gasteiger partial charge >= 0.3 is 12.0 Å². The van der Waals surface area contributed by atoms with Crippen molar-refractivity contribution in [2.24, 2.45) is 0 Å². The summed E-state index contributed by atoms with van der Waals surface area (Å²) < 4.78 is 5.49. The van der Waals surface area contributed by atoms with E-state index in [-0.39, 0.29) is 24.4 Å². The number of ether oxygens (including phenoxy) is 1. The highest BCUT2D eigenvalue weighted by Crippen LogP contribution is 2.30. The predicted molar refractivity (Wildman–Crippen MR) is 132 cm³/mol. The number of hydrogen-bond acceptors (Lipinski definition) is 5. The van der Waals surface area contributed by atoms with Crippen LogP contribution in [0.2, 0.25) is 0 Å². The molecular formula is C25H34N4O5. The van der Waals surface area contributed by atoms with Crippen LogP contribution in [0.25, 0.3) is 0 Å². The number of carboxylic acid groups (broad SMARTS) is 1. The molecule has 2 aromatic rings. The number of para-hydroxylation sites is 1. The van der Waals surface area contributed by atoms with E-state index in [4.69, 9.17) is 9.84 Å². The Balaban J connectivity index is 2.13. The number of nitrogens with one attached hydrogen (secondary N) is 3. The number of nitrogens with zero attached hydrogens (tertiary/aromatic N) is 1. The van der Waals surface area contributed by atoms with Gasteiger partial charge in [-0.2, -0.15) is 0 Å². The number of urea groups is 1. The van der Waals surface area contributed by atoms with E-state index in [1.165, 1.54) is 14.0 Å². The zero-order valence-corrected chi connectivity index (χ0v) is 20.3. The number of carboxylic acids is 1. The van der Waals surface area contributed by atoms with E-state index in [1.54, 1.807) is 12.1 Å². The lowest BCUT2D eigenvalue weighted by Gasteiger charge is -2.27. The second kappa shape index (κ2) is 12.6. The van der Waals surface area contributed by atoms with Gasteiger partial charge in [0.25, 0.3) is 0 Å². The van der Waals surface area contributed by atoms with Gasteiger partial charge < -0.3 is 30.7 Å². The Bertz CT molecular complexity index is 1010. The Labute approximate surface area is 200 Å². The first-order valence-corrected chi connectivity index (χ1v) is 11.1. The zero-order chi connectivity index (χ0) is 25.3. The number of anilines is 2. The van der Waals surface area contributed by atoms with Gasteiger partial charge in [-0.15, -0.1) is 0 Å². The Kier molecular flexibility index (Phi) is 9.88. The fourth-order valence-corrected chi connectivity index (χ4v) is 3.55. The molecule has 184 valence electrons. The van der Waals surface area contributed by atoms with Crippen LogP contribution >= 0.6 is 0 Å². The highest BCUT2D eigenvalue weighted by Gasteiger charge is 2.19. The first-order valence-electron chi connectivity index (χ1n) is 11.1. The fourth-order valence-electron chi connectivity index (χ4n) is 3.55. The van der Waals surface area contributed by atoms with Gasteiger partial charge in [0, 0.05) is 25.2 Å². The zero-order valence-electron chi connectivity index (χ0n) is 20.3. The van der Waals surface area contributed by atoms with Gasteiger partial charge in [0.2, 0.25) is 5.91 Å². The Morgan fingerprint density at radius 3 is 2.38 bits per heavy atom.